The lowest BCUT2D eigenvalue weighted by Crippen LogP contribution is -2.24. The van der Waals surface area contributed by atoms with Crippen LogP contribution in [0.3, 0.4) is 0 Å². The summed E-state index contributed by atoms with van der Waals surface area (Å²) in [5, 5.41) is 9.22. The highest BCUT2D eigenvalue weighted by atomic mass is 16.7. The first-order valence-electron chi connectivity index (χ1n) is 9.46. The maximum absolute atomic E-state index is 11.2. The first-order valence-corrected chi connectivity index (χ1v) is 9.46. The average Bonchev–Trinajstić information content (AvgIpc) is 2.66. The number of hydrogen-bond donors (Lipinski definition) is 1. The molecular weight excluding hydrogens is 348 g/mol. The fourth-order valence-electron chi connectivity index (χ4n) is 2.76. The van der Waals surface area contributed by atoms with Gasteiger partial charge in [-0.05, 0) is 50.3 Å². The second-order valence-electron chi connectivity index (χ2n) is 6.16. The van der Waals surface area contributed by atoms with E-state index in [1.165, 1.54) is 0 Å². The molecule has 1 N–H and O–H groups in total. The first-order chi connectivity index (χ1) is 13.1. The van der Waals surface area contributed by atoms with Crippen LogP contribution in [0.2, 0.25) is 0 Å². The molecule has 6 nitrogen and oxygen atoms in total. The van der Waals surface area contributed by atoms with Crippen LogP contribution in [0, 0.1) is 11.8 Å². The number of hydrogen-bond acceptors (Lipinski definition) is 5. The van der Waals surface area contributed by atoms with E-state index in [9.17, 15) is 9.90 Å². The predicted molar refractivity (Wildman–Crippen MR) is 100 cm³/mol. The van der Waals surface area contributed by atoms with Crippen LogP contribution in [0.5, 0.6) is 5.75 Å². The van der Waals surface area contributed by atoms with E-state index in [0.717, 1.165) is 31.4 Å². The lowest BCUT2D eigenvalue weighted by molar-refractivity contribution is -0.137. The zero-order chi connectivity index (χ0) is 19.5. The van der Waals surface area contributed by atoms with Crippen LogP contribution in [0.4, 0.5) is 0 Å². The summed E-state index contributed by atoms with van der Waals surface area (Å²) in [6.07, 6.45) is 2.09. The van der Waals surface area contributed by atoms with Gasteiger partial charge in [0.15, 0.2) is 6.29 Å². The van der Waals surface area contributed by atoms with E-state index in [2.05, 4.69) is 11.8 Å². The highest BCUT2D eigenvalue weighted by Crippen LogP contribution is 2.24. The van der Waals surface area contributed by atoms with Crippen LogP contribution in [-0.2, 0) is 19.0 Å². The summed E-state index contributed by atoms with van der Waals surface area (Å²) >= 11 is 0. The fourth-order valence-corrected chi connectivity index (χ4v) is 2.76. The summed E-state index contributed by atoms with van der Waals surface area (Å²) in [6.45, 7) is 5.38. The van der Waals surface area contributed by atoms with Gasteiger partial charge in [-0.25, -0.2) is 0 Å². The molecule has 0 bridgehead atoms. The van der Waals surface area contributed by atoms with Crippen molar-refractivity contribution in [1.29, 1.82) is 0 Å². The van der Waals surface area contributed by atoms with Gasteiger partial charge in [-0.15, -0.1) is 0 Å². The van der Waals surface area contributed by atoms with E-state index >= 15 is 0 Å². The van der Waals surface area contributed by atoms with Gasteiger partial charge in [-0.1, -0.05) is 18.1 Å². The molecule has 1 heterocycles. The number of carboxylic acid groups (broad SMARTS) is 1. The smallest absolute Gasteiger partial charge is 0.304 e. The van der Waals surface area contributed by atoms with Crippen LogP contribution in [0.15, 0.2) is 24.3 Å². The van der Waals surface area contributed by atoms with Gasteiger partial charge in [0.1, 0.15) is 5.75 Å². The Labute approximate surface area is 160 Å². The molecule has 27 heavy (non-hydrogen) atoms. The Kier molecular flexibility index (Phi) is 9.12. The second-order valence-corrected chi connectivity index (χ2v) is 6.16. The zero-order valence-corrected chi connectivity index (χ0v) is 16.0. The van der Waals surface area contributed by atoms with Gasteiger partial charge >= 0.3 is 5.97 Å². The van der Waals surface area contributed by atoms with Crippen LogP contribution in [0.25, 0.3) is 0 Å². The third-order valence-corrected chi connectivity index (χ3v) is 4.08. The predicted octanol–water partition coefficient (Wildman–Crippen LogP) is 3.55. The molecule has 0 saturated carbocycles. The Morgan fingerprint density at radius 2 is 1.89 bits per heavy atom. The molecule has 6 heteroatoms. The molecule has 0 spiro atoms. The molecule has 2 unspecified atom stereocenters. The molecule has 1 aliphatic heterocycles. The molecule has 0 aliphatic carbocycles. The number of carbonyl (C=O) groups is 1. The molecule has 1 aromatic carbocycles. The summed E-state index contributed by atoms with van der Waals surface area (Å²) in [5.74, 6) is 5.23. The molecule has 0 amide bonds. The van der Waals surface area contributed by atoms with Crippen molar-refractivity contribution in [3.63, 3.8) is 0 Å². The molecule has 2 atom stereocenters. The highest BCUT2D eigenvalue weighted by Gasteiger charge is 2.17. The average molecular weight is 376 g/mol. The summed E-state index contributed by atoms with van der Waals surface area (Å²) in [4.78, 5) is 11.2. The topological polar surface area (TPSA) is 74.2 Å². The van der Waals surface area contributed by atoms with Gasteiger partial charge in [0.2, 0.25) is 6.29 Å². The molecular formula is C21H28O6. The normalized spacial score (nSPS) is 17.8. The van der Waals surface area contributed by atoms with Gasteiger partial charge in [-0.3, -0.25) is 4.79 Å². The Bertz CT molecular complexity index is 618. The van der Waals surface area contributed by atoms with Gasteiger partial charge in [-0.2, -0.15) is 0 Å². The van der Waals surface area contributed by atoms with E-state index in [0.29, 0.717) is 19.0 Å². The van der Waals surface area contributed by atoms with E-state index < -0.39 is 18.2 Å². The molecule has 0 aromatic heterocycles. The lowest BCUT2D eigenvalue weighted by Gasteiger charge is -2.23. The SMILES string of the molecule is CCOC(C#CC(CC(=O)O)c1ccc(OC2CCCCO2)cc1)OCC. The molecule has 0 radical (unpaired) electrons. The maximum atomic E-state index is 11.2. The maximum Gasteiger partial charge on any atom is 0.304 e. The first kappa shape index (κ1) is 21.2. The van der Waals surface area contributed by atoms with E-state index in [4.69, 9.17) is 18.9 Å². The summed E-state index contributed by atoms with van der Waals surface area (Å²) in [6, 6.07) is 7.34. The number of ether oxygens (including phenoxy) is 4. The van der Waals surface area contributed by atoms with Gasteiger partial charge in [0.25, 0.3) is 0 Å². The van der Waals surface area contributed by atoms with Crippen molar-refractivity contribution < 1.29 is 28.8 Å². The Morgan fingerprint density at radius 3 is 2.44 bits per heavy atom. The largest absolute Gasteiger partial charge is 0.481 e. The van der Waals surface area contributed by atoms with E-state index in [1.807, 2.05) is 38.1 Å². The Balaban J connectivity index is 2.07. The molecule has 1 saturated heterocycles. The molecule has 148 valence electrons. The van der Waals surface area contributed by atoms with Crippen LogP contribution in [0.1, 0.15) is 51.0 Å². The van der Waals surface area contributed by atoms with Gasteiger partial charge < -0.3 is 24.1 Å². The minimum Gasteiger partial charge on any atom is -0.481 e. The van der Waals surface area contributed by atoms with Crippen molar-refractivity contribution in [2.24, 2.45) is 0 Å². The van der Waals surface area contributed by atoms with E-state index in [1.54, 1.807) is 0 Å². The Morgan fingerprint density at radius 1 is 1.19 bits per heavy atom. The van der Waals surface area contributed by atoms with Crippen LogP contribution < -0.4 is 4.74 Å². The minimum absolute atomic E-state index is 0.0933. The third-order valence-electron chi connectivity index (χ3n) is 4.08. The number of benzene rings is 1. The number of carboxylic acids is 1. The van der Waals surface area contributed by atoms with Crippen molar-refractivity contribution in [2.45, 2.75) is 58.0 Å². The van der Waals surface area contributed by atoms with Gasteiger partial charge in [0.05, 0.1) is 18.9 Å². The standard InChI is InChI=1S/C21H28O6/c1-3-24-20(25-4-2)13-10-17(15-19(22)23)16-8-11-18(12-9-16)27-21-7-5-6-14-26-21/h8-9,11-12,17,20-21H,3-7,14-15H2,1-2H3,(H,22,23). The summed E-state index contributed by atoms with van der Waals surface area (Å²) in [5.41, 5.74) is 0.813. The van der Waals surface area contributed by atoms with Crippen molar-refractivity contribution >= 4 is 5.97 Å². The fraction of sp³-hybridized carbons (Fsp3) is 0.571. The highest BCUT2D eigenvalue weighted by molar-refractivity contribution is 5.69. The van der Waals surface area contributed by atoms with Crippen molar-refractivity contribution in [1.82, 2.24) is 0 Å². The van der Waals surface area contributed by atoms with Crippen molar-refractivity contribution in [3.8, 4) is 17.6 Å². The van der Waals surface area contributed by atoms with Gasteiger partial charge in [0, 0.05) is 19.6 Å². The molecule has 2 rings (SSSR count). The summed E-state index contributed by atoms with van der Waals surface area (Å²) < 4.78 is 22.2. The summed E-state index contributed by atoms with van der Waals surface area (Å²) in [7, 11) is 0. The van der Waals surface area contributed by atoms with Crippen molar-refractivity contribution in [3.05, 3.63) is 29.8 Å². The third kappa shape index (κ3) is 7.59. The Hall–Kier alpha value is -2.07. The lowest BCUT2D eigenvalue weighted by atomic mass is 9.96. The number of aliphatic carboxylic acids is 1. The molecule has 1 aromatic rings. The number of rotatable bonds is 9. The zero-order valence-electron chi connectivity index (χ0n) is 16.0. The molecule has 1 fully saturated rings. The molecule has 1 aliphatic rings. The second kappa shape index (κ2) is 11.6. The quantitative estimate of drug-likeness (QED) is 0.525. The minimum atomic E-state index is -0.908. The van der Waals surface area contributed by atoms with E-state index in [-0.39, 0.29) is 12.7 Å². The van der Waals surface area contributed by atoms with Crippen molar-refractivity contribution in [2.75, 3.05) is 19.8 Å². The monoisotopic (exact) mass is 376 g/mol. The van der Waals surface area contributed by atoms with Crippen LogP contribution in [-0.4, -0.2) is 43.5 Å². The van der Waals surface area contributed by atoms with Crippen LogP contribution >= 0.6 is 0 Å².